The van der Waals surface area contributed by atoms with Crippen LogP contribution in [0.3, 0.4) is 0 Å². The van der Waals surface area contributed by atoms with E-state index in [9.17, 15) is 18.0 Å². The molecule has 0 radical (unpaired) electrons. The molecule has 2 N–H and O–H groups in total. The van der Waals surface area contributed by atoms with Gasteiger partial charge in [-0.2, -0.15) is 0 Å². The molecule has 0 fully saturated rings. The van der Waals surface area contributed by atoms with E-state index in [1.54, 1.807) is 43.3 Å². The van der Waals surface area contributed by atoms with Gasteiger partial charge in [0.1, 0.15) is 5.75 Å². The van der Waals surface area contributed by atoms with Gasteiger partial charge in [0.15, 0.2) is 0 Å². The van der Waals surface area contributed by atoms with Crippen molar-refractivity contribution in [3.63, 3.8) is 0 Å². The summed E-state index contributed by atoms with van der Waals surface area (Å²) in [4.78, 5) is 23.6. The SMILES string of the molecule is CC(=O)Nc1ccc(OC(=O)c2ccc(NS(=O)(=O)c3cc(C)ccc3C)cc2)cc1. The van der Waals surface area contributed by atoms with Gasteiger partial charge >= 0.3 is 5.97 Å². The van der Waals surface area contributed by atoms with Crippen LogP contribution in [-0.4, -0.2) is 20.3 Å². The minimum atomic E-state index is -3.76. The summed E-state index contributed by atoms with van der Waals surface area (Å²) < 4.78 is 33.2. The largest absolute Gasteiger partial charge is 0.423 e. The third kappa shape index (κ3) is 5.70. The molecule has 0 aromatic heterocycles. The first kappa shape index (κ1) is 22.0. The van der Waals surface area contributed by atoms with Crippen molar-refractivity contribution in [2.75, 3.05) is 10.0 Å². The molecule has 0 heterocycles. The highest BCUT2D eigenvalue weighted by molar-refractivity contribution is 7.92. The molecular weight excluding hydrogens is 416 g/mol. The van der Waals surface area contributed by atoms with E-state index in [1.807, 2.05) is 13.0 Å². The van der Waals surface area contributed by atoms with Crippen LogP contribution in [0.25, 0.3) is 0 Å². The van der Waals surface area contributed by atoms with Crippen LogP contribution in [0.15, 0.2) is 71.6 Å². The zero-order chi connectivity index (χ0) is 22.6. The number of esters is 1. The number of hydrogen-bond donors (Lipinski definition) is 2. The minimum Gasteiger partial charge on any atom is -0.423 e. The molecule has 0 aliphatic carbocycles. The van der Waals surface area contributed by atoms with E-state index >= 15 is 0 Å². The van der Waals surface area contributed by atoms with Gasteiger partial charge in [-0.25, -0.2) is 13.2 Å². The van der Waals surface area contributed by atoms with E-state index in [4.69, 9.17) is 4.74 Å². The van der Waals surface area contributed by atoms with Crippen molar-refractivity contribution < 1.29 is 22.7 Å². The molecule has 1 amide bonds. The fourth-order valence-electron chi connectivity index (χ4n) is 2.86. The van der Waals surface area contributed by atoms with Crippen molar-refractivity contribution in [3.05, 3.63) is 83.4 Å². The zero-order valence-corrected chi connectivity index (χ0v) is 18.1. The van der Waals surface area contributed by atoms with Gasteiger partial charge in [-0.3, -0.25) is 9.52 Å². The van der Waals surface area contributed by atoms with E-state index in [0.717, 1.165) is 5.56 Å². The summed E-state index contributed by atoms with van der Waals surface area (Å²) in [5.41, 5.74) is 2.67. The summed E-state index contributed by atoms with van der Waals surface area (Å²) in [5.74, 6) is -0.465. The molecular formula is C23H22N2O5S. The number of sulfonamides is 1. The van der Waals surface area contributed by atoms with Crippen molar-refractivity contribution in [2.24, 2.45) is 0 Å². The summed E-state index contributed by atoms with van der Waals surface area (Å²) in [7, 11) is -3.76. The van der Waals surface area contributed by atoms with E-state index in [1.165, 1.54) is 31.2 Å². The number of nitrogens with one attached hydrogen (secondary N) is 2. The first-order chi connectivity index (χ1) is 14.6. The fraction of sp³-hybridized carbons (Fsp3) is 0.130. The Kier molecular flexibility index (Phi) is 6.41. The summed E-state index contributed by atoms with van der Waals surface area (Å²) >= 11 is 0. The Hall–Kier alpha value is -3.65. The van der Waals surface area contributed by atoms with Crippen LogP contribution in [0.2, 0.25) is 0 Å². The number of hydrogen-bond acceptors (Lipinski definition) is 5. The molecule has 0 aliphatic heterocycles. The second-order valence-corrected chi connectivity index (χ2v) is 8.70. The Labute approximate surface area is 181 Å². The van der Waals surface area contributed by atoms with Crippen LogP contribution in [0.5, 0.6) is 5.75 Å². The summed E-state index contributed by atoms with van der Waals surface area (Å²) in [6.07, 6.45) is 0. The highest BCUT2D eigenvalue weighted by Gasteiger charge is 2.17. The van der Waals surface area contributed by atoms with Crippen LogP contribution in [0, 0.1) is 13.8 Å². The number of carbonyl (C=O) groups excluding carboxylic acids is 2. The van der Waals surface area contributed by atoms with Crippen molar-refractivity contribution in [1.82, 2.24) is 0 Å². The van der Waals surface area contributed by atoms with Gasteiger partial charge in [0.05, 0.1) is 10.5 Å². The van der Waals surface area contributed by atoms with Crippen molar-refractivity contribution >= 4 is 33.3 Å². The van der Waals surface area contributed by atoms with E-state index in [-0.39, 0.29) is 16.4 Å². The first-order valence-corrected chi connectivity index (χ1v) is 10.9. The van der Waals surface area contributed by atoms with E-state index < -0.39 is 16.0 Å². The molecule has 3 aromatic rings. The second-order valence-electron chi connectivity index (χ2n) is 7.05. The highest BCUT2D eigenvalue weighted by atomic mass is 32.2. The van der Waals surface area contributed by atoms with Gasteiger partial charge in [0.2, 0.25) is 5.91 Å². The summed E-state index contributed by atoms with van der Waals surface area (Å²) in [5, 5.41) is 2.62. The molecule has 0 spiro atoms. The number of amides is 1. The van der Waals surface area contributed by atoms with Gasteiger partial charge in [-0.05, 0) is 79.6 Å². The molecule has 0 unspecified atom stereocenters. The second kappa shape index (κ2) is 9.01. The van der Waals surface area contributed by atoms with Crippen LogP contribution in [-0.2, 0) is 14.8 Å². The van der Waals surface area contributed by atoms with Crippen LogP contribution in [0.4, 0.5) is 11.4 Å². The van der Waals surface area contributed by atoms with Crippen molar-refractivity contribution in [3.8, 4) is 5.75 Å². The number of ether oxygens (including phenoxy) is 1. The lowest BCUT2D eigenvalue weighted by molar-refractivity contribution is -0.114. The topological polar surface area (TPSA) is 102 Å². The number of carbonyl (C=O) groups is 2. The maximum atomic E-state index is 12.7. The Morgan fingerprint density at radius 1 is 0.839 bits per heavy atom. The van der Waals surface area contributed by atoms with Crippen LogP contribution < -0.4 is 14.8 Å². The summed E-state index contributed by atoms with van der Waals surface area (Å²) in [6.45, 7) is 4.96. The minimum absolute atomic E-state index is 0.196. The van der Waals surface area contributed by atoms with Crippen molar-refractivity contribution in [1.29, 1.82) is 0 Å². The fourth-order valence-corrected chi connectivity index (χ4v) is 4.25. The Morgan fingerprint density at radius 2 is 1.45 bits per heavy atom. The lowest BCUT2D eigenvalue weighted by Crippen LogP contribution is -2.15. The molecule has 7 nitrogen and oxygen atoms in total. The van der Waals surface area contributed by atoms with Gasteiger partial charge < -0.3 is 10.1 Å². The average molecular weight is 439 g/mol. The Balaban J connectivity index is 1.68. The molecule has 0 saturated heterocycles. The standard InChI is InChI=1S/C23H22N2O5S/c1-15-4-5-16(2)22(14-15)31(28,29)25-20-8-6-18(7-9-20)23(27)30-21-12-10-19(11-13-21)24-17(3)26/h4-14,25H,1-3H3,(H,24,26). The van der Waals surface area contributed by atoms with E-state index in [2.05, 4.69) is 10.0 Å². The quantitative estimate of drug-likeness (QED) is 0.442. The zero-order valence-electron chi connectivity index (χ0n) is 17.3. The molecule has 31 heavy (non-hydrogen) atoms. The monoisotopic (exact) mass is 438 g/mol. The number of aryl methyl sites for hydroxylation is 2. The van der Waals surface area contributed by atoms with Crippen molar-refractivity contribution in [2.45, 2.75) is 25.7 Å². The molecule has 0 bridgehead atoms. The molecule has 3 rings (SSSR count). The molecule has 160 valence electrons. The molecule has 3 aromatic carbocycles. The predicted octanol–water partition coefficient (Wildman–Crippen LogP) is 4.28. The predicted molar refractivity (Wildman–Crippen MR) is 119 cm³/mol. The molecule has 8 heteroatoms. The maximum absolute atomic E-state index is 12.7. The van der Waals surface area contributed by atoms with E-state index in [0.29, 0.717) is 22.7 Å². The lowest BCUT2D eigenvalue weighted by Gasteiger charge is -2.11. The number of anilines is 2. The normalized spacial score (nSPS) is 10.9. The first-order valence-electron chi connectivity index (χ1n) is 9.44. The molecule has 0 atom stereocenters. The maximum Gasteiger partial charge on any atom is 0.343 e. The Bertz CT molecular complexity index is 1220. The smallest absolute Gasteiger partial charge is 0.343 e. The van der Waals surface area contributed by atoms with Gasteiger partial charge in [-0.15, -0.1) is 0 Å². The van der Waals surface area contributed by atoms with Crippen LogP contribution >= 0.6 is 0 Å². The molecule has 0 aliphatic rings. The Morgan fingerprint density at radius 3 is 2.06 bits per heavy atom. The van der Waals surface area contributed by atoms with Gasteiger partial charge in [0.25, 0.3) is 10.0 Å². The van der Waals surface area contributed by atoms with Gasteiger partial charge in [-0.1, -0.05) is 12.1 Å². The number of benzene rings is 3. The third-order valence-corrected chi connectivity index (χ3v) is 5.91. The highest BCUT2D eigenvalue weighted by Crippen LogP contribution is 2.22. The molecule has 0 saturated carbocycles. The third-order valence-electron chi connectivity index (χ3n) is 4.39. The number of rotatable bonds is 6. The van der Waals surface area contributed by atoms with Crippen LogP contribution in [0.1, 0.15) is 28.4 Å². The van der Waals surface area contributed by atoms with Gasteiger partial charge in [0, 0.05) is 18.3 Å². The lowest BCUT2D eigenvalue weighted by atomic mass is 10.2. The average Bonchev–Trinajstić information content (AvgIpc) is 2.71. The summed E-state index contributed by atoms with van der Waals surface area (Å²) in [6, 6.07) is 17.5.